The molecule has 0 aliphatic heterocycles. The van der Waals surface area contributed by atoms with Crippen molar-refractivity contribution < 1.29 is 9.90 Å². The zero-order valence-corrected chi connectivity index (χ0v) is 11.9. The summed E-state index contributed by atoms with van der Waals surface area (Å²) in [6, 6.07) is 14.7. The molecule has 2 aromatic carbocycles. The van der Waals surface area contributed by atoms with Crippen LogP contribution in [0.15, 0.2) is 53.0 Å². The second-order valence-corrected chi connectivity index (χ2v) is 5.07. The van der Waals surface area contributed by atoms with Gasteiger partial charge in [-0.2, -0.15) is 0 Å². The number of carbonyl (C=O) groups is 1. The van der Waals surface area contributed by atoms with Gasteiger partial charge in [0.05, 0.1) is 5.56 Å². The fourth-order valence-corrected chi connectivity index (χ4v) is 2.11. The van der Waals surface area contributed by atoms with E-state index >= 15 is 0 Å². The van der Waals surface area contributed by atoms with Crippen molar-refractivity contribution in [2.24, 2.45) is 0 Å². The molecular formula is C15H14BrNO2. The van der Waals surface area contributed by atoms with E-state index in [-0.39, 0.29) is 17.2 Å². The molecule has 0 fully saturated rings. The zero-order valence-electron chi connectivity index (χ0n) is 10.3. The van der Waals surface area contributed by atoms with Crippen LogP contribution >= 0.6 is 15.9 Å². The van der Waals surface area contributed by atoms with Crippen molar-refractivity contribution in [2.45, 2.75) is 6.42 Å². The van der Waals surface area contributed by atoms with Gasteiger partial charge < -0.3 is 10.4 Å². The average Bonchev–Trinajstić information content (AvgIpc) is 2.42. The van der Waals surface area contributed by atoms with Crippen LogP contribution in [0, 0.1) is 0 Å². The molecule has 0 aliphatic carbocycles. The monoisotopic (exact) mass is 319 g/mol. The minimum absolute atomic E-state index is 0.0135. The van der Waals surface area contributed by atoms with Gasteiger partial charge in [-0.05, 0) is 30.2 Å². The Kier molecular flexibility index (Phi) is 4.58. The highest BCUT2D eigenvalue weighted by atomic mass is 79.9. The van der Waals surface area contributed by atoms with E-state index in [2.05, 4.69) is 21.2 Å². The summed E-state index contributed by atoms with van der Waals surface area (Å²) in [6.45, 7) is 0.537. The lowest BCUT2D eigenvalue weighted by atomic mass is 10.1. The van der Waals surface area contributed by atoms with E-state index in [1.807, 2.05) is 30.3 Å². The van der Waals surface area contributed by atoms with Crippen LogP contribution in [0.1, 0.15) is 15.9 Å². The van der Waals surface area contributed by atoms with Crippen LogP contribution in [-0.2, 0) is 6.42 Å². The van der Waals surface area contributed by atoms with Crippen LogP contribution in [0.2, 0.25) is 0 Å². The molecule has 0 saturated heterocycles. The summed E-state index contributed by atoms with van der Waals surface area (Å²) in [5.74, 6) is -0.282. The van der Waals surface area contributed by atoms with Gasteiger partial charge in [-0.25, -0.2) is 0 Å². The van der Waals surface area contributed by atoms with Crippen LogP contribution in [0.5, 0.6) is 5.75 Å². The molecule has 2 aromatic rings. The summed E-state index contributed by atoms with van der Waals surface area (Å²) >= 11 is 3.28. The number of benzene rings is 2. The Hall–Kier alpha value is -1.81. The first-order valence-corrected chi connectivity index (χ1v) is 6.77. The number of aromatic hydroxyl groups is 1. The van der Waals surface area contributed by atoms with Gasteiger partial charge in [0.2, 0.25) is 0 Å². The van der Waals surface area contributed by atoms with E-state index in [4.69, 9.17) is 0 Å². The highest BCUT2D eigenvalue weighted by Gasteiger charge is 2.10. The van der Waals surface area contributed by atoms with Crippen molar-refractivity contribution in [2.75, 3.05) is 6.54 Å². The molecule has 1 amide bonds. The summed E-state index contributed by atoms with van der Waals surface area (Å²) in [6.07, 6.45) is 0.765. The Bertz CT molecular complexity index is 570. The summed E-state index contributed by atoms with van der Waals surface area (Å²) < 4.78 is 0.763. The van der Waals surface area contributed by atoms with Gasteiger partial charge >= 0.3 is 0 Å². The molecule has 0 aromatic heterocycles. The lowest BCUT2D eigenvalue weighted by molar-refractivity contribution is 0.0951. The maximum absolute atomic E-state index is 11.9. The summed E-state index contributed by atoms with van der Waals surface area (Å²) in [4.78, 5) is 11.9. The topological polar surface area (TPSA) is 49.3 Å². The summed E-state index contributed by atoms with van der Waals surface area (Å²) in [5, 5.41) is 12.4. The SMILES string of the molecule is O=C(NCCc1ccccc1)c1cc(Br)ccc1O. The molecule has 0 radical (unpaired) electrons. The number of halogens is 1. The van der Waals surface area contributed by atoms with Crippen molar-refractivity contribution in [3.05, 3.63) is 64.1 Å². The third-order valence-corrected chi connectivity index (χ3v) is 3.24. The van der Waals surface area contributed by atoms with Crippen molar-refractivity contribution in [1.82, 2.24) is 5.32 Å². The van der Waals surface area contributed by atoms with Gasteiger partial charge in [0.25, 0.3) is 5.91 Å². The lowest BCUT2D eigenvalue weighted by Crippen LogP contribution is -2.25. The fraction of sp³-hybridized carbons (Fsp3) is 0.133. The molecule has 4 heteroatoms. The van der Waals surface area contributed by atoms with Gasteiger partial charge in [-0.15, -0.1) is 0 Å². The van der Waals surface area contributed by atoms with Gasteiger partial charge in [-0.3, -0.25) is 4.79 Å². The smallest absolute Gasteiger partial charge is 0.255 e. The van der Waals surface area contributed by atoms with Crippen molar-refractivity contribution >= 4 is 21.8 Å². The molecule has 2 N–H and O–H groups in total. The van der Waals surface area contributed by atoms with Crippen molar-refractivity contribution in [3.63, 3.8) is 0 Å². The number of carbonyl (C=O) groups excluding carboxylic acids is 1. The maximum Gasteiger partial charge on any atom is 0.255 e. The molecule has 0 heterocycles. The largest absolute Gasteiger partial charge is 0.507 e. The number of hydrogen-bond donors (Lipinski definition) is 2. The maximum atomic E-state index is 11.9. The Morgan fingerprint density at radius 1 is 1.16 bits per heavy atom. The number of amides is 1. The Morgan fingerprint density at radius 2 is 1.89 bits per heavy atom. The van der Waals surface area contributed by atoms with Crippen molar-refractivity contribution in [1.29, 1.82) is 0 Å². The molecule has 19 heavy (non-hydrogen) atoms. The number of phenols is 1. The van der Waals surface area contributed by atoms with E-state index < -0.39 is 0 Å². The molecule has 0 aliphatic rings. The summed E-state index contributed by atoms with van der Waals surface area (Å²) in [7, 11) is 0. The molecule has 98 valence electrons. The molecule has 3 nitrogen and oxygen atoms in total. The predicted molar refractivity (Wildman–Crippen MR) is 78.3 cm³/mol. The third kappa shape index (κ3) is 3.83. The second kappa shape index (κ2) is 6.38. The molecule has 0 saturated carbocycles. The van der Waals surface area contributed by atoms with Crippen LogP contribution in [0.25, 0.3) is 0 Å². The predicted octanol–water partition coefficient (Wildman–Crippen LogP) is 3.13. The minimum atomic E-state index is -0.269. The molecular weight excluding hydrogens is 306 g/mol. The first-order chi connectivity index (χ1) is 9.16. The average molecular weight is 320 g/mol. The van der Waals surface area contributed by atoms with Crippen molar-refractivity contribution in [3.8, 4) is 5.75 Å². The van der Waals surface area contributed by atoms with Crippen LogP contribution < -0.4 is 5.32 Å². The van der Waals surface area contributed by atoms with E-state index in [0.29, 0.717) is 6.54 Å². The van der Waals surface area contributed by atoms with Crippen LogP contribution in [-0.4, -0.2) is 17.6 Å². The number of hydrogen-bond acceptors (Lipinski definition) is 2. The van der Waals surface area contributed by atoms with E-state index in [9.17, 15) is 9.90 Å². The Balaban J connectivity index is 1.93. The van der Waals surface area contributed by atoms with E-state index in [1.165, 1.54) is 11.6 Å². The molecule has 0 atom stereocenters. The number of nitrogens with one attached hydrogen (secondary N) is 1. The second-order valence-electron chi connectivity index (χ2n) is 4.15. The van der Waals surface area contributed by atoms with Crippen LogP contribution in [0.4, 0.5) is 0 Å². The van der Waals surface area contributed by atoms with Gasteiger partial charge in [0.1, 0.15) is 5.75 Å². The number of phenolic OH excluding ortho intramolecular Hbond substituents is 1. The lowest BCUT2D eigenvalue weighted by Gasteiger charge is -2.07. The third-order valence-electron chi connectivity index (χ3n) is 2.75. The molecule has 2 rings (SSSR count). The standard InChI is InChI=1S/C15H14BrNO2/c16-12-6-7-14(18)13(10-12)15(19)17-9-8-11-4-2-1-3-5-11/h1-7,10,18H,8-9H2,(H,17,19). The van der Waals surface area contributed by atoms with Gasteiger partial charge in [-0.1, -0.05) is 46.3 Å². The first-order valence-electron chi connectivity index (χ1n) is 5.97. The zero-order chi connectivity index (χ0) is 13.7. The fourth-order valence-electron chi connectivity index (χ4n) is 1.75. The van der Waals surface area contributed by atoms with Gasteiger partial charge in [0, 0.05) is 11.0 Å². The Morgan fingerprint density at radius 3 is 2.63 bits per heavy atom. The highest BCUT2D eigenvalue weighted by Crippen LogP contribution is 2.21. The molecule has 0 unspecified atom stereocenters. The van der Waals surface area contributed by atoms with E-state index in [0.717, 1.165) is 10.9 Å². The molecule has 0 spiro atoms. The van der Waals surface area contributed by atoms with Crippen LogP contribution in [0.3, 0.4) is 0 Å². The minimum Gasteiger partial charge on any atom is -0.507 e. The normalized spacial score (nSPS) is 10.2. The molecule has 0 bridgehead atoms. The van der Waals surface area contributed by atoms with Gasteiger partial charge in [0.15, 0.2) is 0 Å². The quantitative estimate of drug-likeness (QED) is 0.909. The number of rotatable bonds is 4. The first kappa shape index (κ1) is 13.6. The van der Waals surface area contributed by atoms with E-state index in [1.54, 1.807) is 12.1 Å². The Labute approximate surface area is 120 Å². The highest BCUT2D eigenvalue weighted by molar-refractivity contribution is 9.10. The summed E-state index contributed by atoms with van der Waals surface area (Å²) in [5.41, 5.74) is 1.45.